The lowest BCUT2D eigenvalue weighted by Gasteiger charge is -2.63. The molecule has 2 aliphatic carbocycles. The van der Waals surface area contributed by atoms with E-state index in [4.69, 9.17) is 35.6 Å². The Labute approximate surface area is 190 Å². The van der Waals surface area contributed by atoms with Crippen LogP contribution in [-0.2, 0) is 16.4 Å². The number of carbonyl (C=O) groups is 1. The van der Waals surface area contributed by atoms with E-state index in [-0.39, 0.29) is 6.04 Å². The van der Waals surface area contributed by atoms with Gasteiger partial charge in [0, 0.05) is 18.4 Å². The summed E-state index contributed by atoms with van der Waals surface area (Å²) in [7, 11) is -3.22. The first-order valence-corrected chi connectivity index (χ1v) is 11.8. The molecule has 178 valence electrons. The van der Waals surface area contributed by atoms with Gasteiger partial charge in [-0.3, -0.25) is 4.79 Å². The molecule has 2 unspecified atom stereocenters. The smallest absolute Gasteiger partial charge is 0.252 e. The highest BCUT2D eigenvalue weighted by Crippen LogP contribution is 2.63. The molecule has 33 heavy (non-hydrogen) atoms. The average Bonchev–Trinajstić information content (AvgIpc) is 3.05. The number of piperidine rings is 1. The lowest BCUT2D eigenvalue weighted by atomic mass is 9.50. The number of nitrogens with zero attached hydrogens (tertiary/aromatic N) is 2. The highest BCUT2D eigenvalue weighted by molar-refractivity contribution is 7.40. The zero-order valence-corrected chi connectivity index (χ0v) is 18.9. The lowest BCUT2D eigenvalue weighted by molar-refractivity contribution is -0.942. The first kappa shape index (κ1) is 23.6. The fourth-order valence-corrected chi connectivity index (χ4v) is 6.26. The third-order valence-electron chi connectivity index (χ3n) is 7.52. The Morgan fingerprint density at radius 1 is 1.45 bits per heavy atom. The molecular weight excluding hydrogens is 451 g/mol. The zero-order valence-electron chi connectivity index (χ0n) is 18.0. The minimum Gasteiger partial charge on any atom is -0.822 e. The molecule has 1 aromatic carbocycles. The highest BCUT2D eigenvalue weighted by atomic mass is 31.2. The monoisotopic (exact) mass is 476 g/mol. The second kappa shape index (κ2) is 7.49. The molecule has 5 N–H and O–H groups in total. The molecular formula is C21H25N4O7P-2. The summed E-state index contributed by atoms with van der Waals surface area (Å²) in [5, 5.41) is 16.1. The highest BCUT2D eigenvalue weighted by Gasteiger charge is 2.74. The minimum atomic E-state index is -5.39. The van der Waals surface area contributed by atoms with E-state index in [1.807, 2.05) is 18.2 Å². The summed E-state index contributed by atoms with van der Waals surface area (Å²) >= 11 is 0. The van der Waals surface area contributed by atoms with E-state index in [0.717, 1.165) is 24.2 Å². The first-order valence-electron chi connectivity index (χ1n) is 10.3. The number of likely N-dealkylation sites (tertiary alicyclic amines) is 1. The topological polar surface area (TPSA) is 197 Å². The van der Waals surface area contributed by atoms with Gasteiger partial charge in [-0.15, -0.1) is 0 Å². The molecule has 1 saturated heterocycles. The van der Waals surface area contributed by atoms with E-state index < -0.39 is 30.8 Å². The van der Waals surface area contributed by atoms with Crippen LogP contribution in [-0.4, -0.2) is 59.1 Å². The van der Waals surface area contributed by atoms with Crippen molar-refractivity contribution in [3.05, 3.63) is 53.6 Å². The van der Waals surface area contributed by atoms with Gasteiger partial charge in [-0.2, -0.15) is 12.9 Å². The summed E-state index contributed by atoms with van der Waals surface area (Å²) in [6.07, 6.45) is 6.35. The number of hydrazone groups is 1. The maximum absolute atomic E-state index is 12.2. The van der Waals surface area contributed by atoms with Gasteiger partial charge in [-0.25, -0.2) is 0 Å². The van der Waals surface area contributed by atoms with E-state index in [1.54, 1.807) is 12.1 Å². The van der Waals surface area contributed by atoms with Crippen LogP contribution in [0.4, 0.5) is 0 Å². The Bertz CT molecular complexity index is 1140. The van der Waals surface area contributed by atoms with Crippen molar-refractivity contribution in [1.29, 1.82) is 0 Å². The van der Waals surface area contributed by atoms with E-state index in [9.17, 15) is 9.90 Å². The number of phosphoric acid groups is 1. The molecule has 1 amide bonds. The molecule has 1 fully saturated rings. The number of hydrogen-bond acceptors (Lipinski definition) is 9. The molecule has 5 rings (SSSR count). The minimum absolute atomic E-state index is 0.0706. The number of primary amides is 1. The summed E-state index contributed by atoms with van der Waals surface area (Å²) in [5.74, 6) is 5.61. The largest absolute Gasteiger partial charge is 0.822 e. The number of benzene rings is 1. The Morgan fingerprint density at radius 3 is 2.70 bits per heavy atom. The Balaban J connectivity index is 0.000000471. The number of ether oxygens (including phenoxy) is 1. The van der Waals surface area contributed by atoms with Gasteiger partial charge in [-0.1, -0.05) is 12.6 Å². The second-order valence-electron chi connectivity index (χ2n) is 9.11. The summed E-state index contributed by atoms with van der Waals surface area (Å²) in [5.41, 5.74) is 6.67. The van der Waals surface area contributed by atoms with Gasteiger partial charge in [-0.05, 0) is 29.9 Å². The fraction of sp³-hybridized carbons (Fsp3) is 0.429. The van der Waals surface area contributed by atoms with Gasteiger partial charge in [0.2, 0.25) is 0 Å². The van der Waals surface area contributed by atoms with Crippen LogP contribution < -0.4 is 31.0 Å². The van der Waals surface area contributed by atoms with Crippen LogP contribution in [0.15, 0.2) is 42.0 Å². The van der Waals surface area contributed by atoms with Crippen LogP contribution in [0.5, 0.6) is 5.75 Å². The number of aliphatic hydroxyl groups is 1. The number of likely N-dealkylation sites (N-methyl/N-ethyl adjacent to an activating group) is 1. The Morgan fingerprint density at radius 2 is 2.12 bits per heavy atom. The maximum atomic E-state index is 12.2. The molecule has 1 aromatic rings. The molecule has 0 aromatic heterocycles. The summed E-state index contributed by atoms with van der Waals surface area (Å²) in [6.45, 7) is 5.55. The number of amides is 1. The van der Waals surface area contributed by atoms with Gasteiger partial charge in [0.25, 0.3) is 5.91 Å². The van der Waals surface area contributed by atoms with Crippen LogP contribution >= 0.6 is 7.82 Å². The quantitative estimate of drug-likeness (QED) is 0.140. The van der Waals surface area contributed by atoms with Crippen molar-refractivity contribution in [2.45, 2.75) is 36.0 Å². The Hall–Kier alpha value is -2.53. The van der Waals surface area contributed by atoms with Crippen LogP contribution in [0.3, 0.4) is 0 Å². The van der Waals surface area contributed by atoms with E-state index >= 15 is 0 Å². The van der Waals surface area contributed by atoms with Crippen molar-refractivity contribution >= 4 is 19.4 Å². The van der Waals surface area contributed by atoms with Gasteiger partial charge >= 0.3 is 0 Å². The summed E-state index contributed by atoms with van der Waals surface area (Å²) in [6, 6.07) is 3.62. The van der Waals surface area contributed by atoms with Crippen molar-refractivity contribution < 1.29 is 38.4 Å². The molecule has 0 radical (unpaired) electrons. The molecule has 0 saturated carbocycles. The first-order chi connectivity index (χ1) is 15.3. The van der Waals surface area contributed by atoms with Crippen molar-refractivity contribution in [3.63, 3.8) is 0 Å². The average molecular weight is 476 g/mol. The van der Waals surface area contributed by atoms with Crippen LogP contribution in [0.1, 0.15) is 27.9 Å². The molecule has 1 spiro atoms. The number of carbonyl (C=O) groups excluding carboxylic acids is 1. The van der Waals surface area contributed by atoms with Crippen molar-refractivity contribution in [2.75, 3.05) is 20.1 Å². The van der Waals surface area contributed by atoms with Crippen molar-refractivity contribution in [2.24, 2.45) is 16.7 Å². The normalized spacial score (nSPS) is 36.3. The van der Waals surface area contributed by atoms with Crippen molar-refractivity contribution in [1.82, 2.24) is 0 Å². The predicted octanol–water partition coefficient (Wildman–Crippen LogP) is -2.46. The SMILES string of the molecule is C=CC[N+]1(C)CC[C@]23c4c5ccc(C(N)=O)c4OC2/C(=N\N)C=C[C@@]3(O)[C@H]1C5.O=P([O-])([O-])[O-]. The van der Waals surface area contributed by atoms with Crippen molar-refractivity contribution in [3.8, 4) is 5.75 Å². The van der Waals surface area contributed by atoms with E-state index in [2.05, 4.69) is 18.7 Å². The van der Waals surface area contributed by atoms with Crippen LogP contribution in [0.2, 0.25) is 0 Å². The summed E-state index contributed by atoms with van der Waals surface area (Å²) < 4.78 is 15.6. The number of rotatable bonds is 3. The van der Waals surface area contributed by atoms with Gasteiger partial charge in [0.15, 0.2) is 6.10 Å². The van der Waals surface area contributed by atoms with Crippen LogP contribution in [0, 0.1) is 0 Å². The molecule has 5 atom stereocenters. The third kappa shape index (κ3) is 3.27. The predicted molar refractivity (Wildman–Crippen MR) is 113 cm³/mol. The molecule has 11 nitrogen and oxygen atoms in total. The fourth-order valence-electron chi connectivity index (χ4n) is 6.26. The number of hydrogen-bond donors (Lipinski definition) is 3. The van der Waals surface area contributed by atoms with Gasteiger partial charge in [0.05, 0.1) is 31.1 Å². The van der Waals surface area contributed by atoms with Crippen LogP contribution in [0.25, 0.3) is 0 Å². The second-order valence-corrected chi connectivity index (χ2v) is 10.0. The number of nitrogens with two attached hydrogens (primary N) is 2. The lowest BCUT2D eigenvalue weighted by Crippen LogP contribution is -2.79. The van der Waals surface area contributed by atoms with Gasteiger partial charge in [0.1, 0.15) is 23.1 Å². The summed E-state index contributed by atoms with van der Waals surface area (Å²) in [4.78, 5) is 37.7. The van der Waals surface area contributed by atoms with E-state index in [0.29, 0.717) is 34.3 Å². The maximum Gasteiger partial charge on any atom is 0.252 e. The third-order valence-corrected chi connectivity index (χ3v) is 7.52. The van der Waals surface area contributed by atoms with Gasteiger partial charge < -0.3 is 45.1 Å². The standard InChI is InChI=1S/C21H24N4O3.H3O4P/c1-3-9-25(2)10-8-20-16-12-4-5-13(19(22)26)17(16)28-18(20)14(24-23)6-7-21(20,27)15(25)11-12;1-5(2,3)4/h3-7,15,18,27H,1,8-11,23H2,2H3,(H-,22,26);(H3,1,2,3,4)/p-2/b24-14-;/t15-,18?,20+,21-,25?;/m1./s1. The van der Waals surface area contributed by atoms with E-state index in [1.165, 1.54) is 0 Å². The molecule has 12 heteroatoms. The number of quaternary nitrogens is 1. The molecule has 2 bridgehead atoms. The Kier molecular flexibility index (Phi) is 5.36. The zero-order chi connectivity index (χ0) is 24.4. The molecule has 2 heterocycles. The molecule has 4 aliphatic rings. The molecule has 2 aliphatic heterocycles.